The minimum Gasteiger partial charge on any atom is -0.493 e. The molecule has 94 valence electrons. The van der Waals surface area contributed by atoms with Gasteiger partial charge in [0, 0.05) is 19.1 Å². The zero-order chi connectivity index (χ0) is 12.3. The first-order valence-corrected chi connectivity index (χ1v) is 6.05. The number of rotatable bonds is 3. The fourth-order valence-electron chi connectivity index (χ4n) is 1.89. The molecule has 2 aliphatic heterocycles. The second-order valence-electron chi connectivity index (χ2n) is 4.25. The van der Waals surface area contributed by atoms with Gasteiger partial charge in [0.2, 0.25) is 0 Å². The molecule has 2 saturated heterocycles. The van der Waals surface area contributed by atoms with E-state index in [0.717, 1.165) is 6.04 Å². The number of benzene rings is 1. The molecule has 2 aliphatic rings. The second kappa shape index (κ2) is 5.27. The molecule has 0 aliphatic carbocycles. The van der Waals surface area contributed by atoms with Crippen LogP contribution in [0.1, 0.15) is 13.3 Å². The number of ether oxygens (including phenoxy) is 2. The Kier molecular flexibility index (Phi) is 3.74. The Morgan fingerprint density at radius 2 is 2.24 bits per heavy atom. The first-order chi connectivity index (χ1) is 8.26. The van der Waals surface area contributed by atoms with E-state index in [0.29, 0.717) is 23.8 Å². The van der Waals surface area contributed by atoms with Crippen LogP contribution in [0, 0.1) is 0 Å². The molecule has 0 amide bonds. The van der Waals surface area contributed by atoms with Gasteiger partial charge in [-0.2, -0.15) is 0 Å². The molecule has 4 nitrogen and oxygen atoms in total. The average Bonchev–Trinajstić information content (AvgIpc) is 2.89. The van der Waals surface area contributed by atoms with Gasteiger partial charge in [-0.3, -0.25) is 4.90 Å². The summed E-state index contributed by atoms with van der Waals surface area (Å²) >= 11 is 0. The van der Waals surface area contributed by atoms with Crippen molar-refractivity contribution in [3.63, 3.8) is 0 Å². The number of hydrogen-bond acceptors (Lipinski definition) is 4. The van der Waals surface area contributed by atoms with Gasteiger partial charge in [0.1, 0.15) is 0 Å². The zero-order valence-corrected chi connectivity index (χ0v) is 10.5. The van der Waals surface area contributed by atoms with Crippen molar-refractivity contribution in [2.45, 2.75) is 19.4 Å². The highest BCUT2D eigenvalue weighted by molar-refractivity contribution is 5.60. The lowest BCUT2D eigenvalue weighted by Crippen LogP contribution is -2.16. The van der Waals surface area contributed by atoms with Gasteiger partial charge in [0.05, 0.1) is 19.4 Å². The number of para-hydroxylation sites is 1. The average molecular weight is 236 g/mol. The molecule has 0 spiro atoms. The Morgan fingerprint density at radius 1 is 1.47 bits per heavy atom. The Balaban J connectivity index is 0.000000174. The molecule has 0 saturated carbocycles. The molecular formula is C13H20N2O2. The molecule has 1 aromatic rings. The molecule has 2 heterocycles. The summed E-state index contributed by atoms with van der Waals surface area (Å²) in [7, 11) is 1.59. The molecule has 17 heavy (non-hydrogen) atoms. The van der Waals surface area contributed by atoms with Gasteiger partial charge in [-0.25, -0.2) is 0 Å². The van der Waals surface area contributed by atoms with Crippen molar-refractivity contribution in [2.24, 2.45) is 0 Å². The lowest BCUT2D eigenvalue weighted by Gasteiger charge is -2.10. The quantitative estimate of drug-likeness (QED) is 0.641. The van der Waals surface area contributed by atoms with E-state index in [2.05, 4.69) is 4.90 Å². The molecule has 2 atom stereocenters. The van der Waals surface area contributed by atoms with E-state index in [9.17, 15) is 0 Å². The Hall–Kier alpha value is -1.42. The predicted molar refractivity (Wildman–Crippen MR) is 68.6 cm³/mol. The molecule has 2 N–H and O–H groups in total. The molecule has 0 bridgehead atoms. The number of nitrogen functional groups attached to an aromatic ring is 1. The summed E-state index contributed by atoms with van der Waals surface area (Å²) < 4.78 is 10.4. The Morgan fingerprint density at radius 3 is 2.65 bits per heavy atom. The second-order valence-corrected chi connectivity index (χ2v) is 4.25. The largest absolute Gasteiger partial charge is 0.493 e. The predicted octanol–water partition coefficient (Wildman–Crippen LogP) is 1.75. The third-order valence-corrected chi connectivity index (χ3v) is 3.10. The van der Waals surface area contributed by atoms with Crippen LogP contribution in [0.4, 0.5) is 5.69 Å². The van der Waals surface area contributed by atoms with Crippen LogP contribution < -0.4 is 15.2 Å². The van der Waals surface area contributed by atoms with Gasteiger partial charge in [-0.05, 0) is 25.5 Å². The maximum absolute atomic E-state index is 5.68. The van der Waals surface area contributed by atoms with Gasteiger partial charge in [0.15, 0.2) is 11.5 Å². The molecule has 2 unspecified atom stereocenters. The first-order valence-electron chi connectivity index (χ1n) is 6.05. The van der Waals surface area contributed by atoms with E-state index < -0.39 is 0 Å². The Labute approximate surface area is 102 Å². The van der Waals surface area contributed by atoms with Crippen molar-refractivity contribution in [3.05, 3.63) is 18.2 Å². The topological polar surface area (TPSA) is 47.5 Å². The number of anilines is 1. The van der Waals surface area contributed by atoms with Gasteiger partial charge >= 0.3 is 0 Å². The van der Waals surface area contributed by atoms with Crippen molar-refractivity contribution >= 4 is 5.69 Å². The van der Waals surface area contributed by atoms with Crippen LogP contribution in [0.3, 0.4) is 0 Å². The normalized spacial score (nSPS) is 23.6. The smallest absolute Gasteiger partial charge is 0.184 e. The van der Waals surface area contributed by atoms with E-state index >= 15 is 0 Å². The van der Waals surface area contributed by atoms with Crippen LogP contribution in [0.15, 0.2) is 18.2 Å². The van der Waals surface area contributed by atoms with Gasteiger partial charge in [-0.15, -0.1) is 0 Å². The van der Waals surface area contributed by atoms with E-state index in [-0.39, 0.29) is 0 Å². The first kappa shape index (κ1) is 12.0. The monoisotopic (exact) mass is 236 g/mol. The lowest BCUT2D eigenvalue weighted by atomic mass is 10.3. The van der Waals surface area contributed by atoms with Crippen LogP contribution in [0.2, 0.25) is 0 Å². The number of nitrogens with two attached hydrogens (primary N) is 1. The summed E-state index contributed by atoms with van der Waals surface area (Å²) in [6, 6.07) is 6.50. The van der Waals surface area contributed by atoms with Crippen LogP contribution in [0.25, 0.3) is 0 Å². The number of methoxy groups -OCH3 is 1. The summed E-state index contributed by atoms with van der Waals surface area (Å²) in [6.45, 7) is 5.31. The lowest BCUT2D eigenvalue weighted by molar-refractivity contribution is 0.312. The molecule has 1 aromatic carbocycles. The molecule has 2 fully saturated rings. The zero-order valence-electron chi connectivity index (χ0n) is 10.5. The van der Waals surface area contributed by atoms with Crippen LogP contribution in [-0.4, -0.2) is 37.7 Å². The molecule has 4 heteroatoms. The maximum Gasteiger partial charge on any atom is 0.184 e. The summed E-state index contributed by atoms with van der Waals surface area (Å²) in [5.41, 5.74) is 6.29. The third-order valence-electron chi connectivity index (χ3n) is 3.10. The van der Waals surface area contributed by atoms with Crippen molar-refractivity contribution in [1.29, 1.82) is 0 Å². The number of hydrogen-bond donors (Lipinski definition) is 1. The van der Waals surface area contributed by atoms with E-state index in [1.54, 1.807) is 13.2 Å². The molecule has 3 rings (SSSR count). The molecule has 0 aromatic heterocycles. The Bertz CT molecular complexity index is 370. The van der Waals surface area contributed by atoms with Crippen molar-refractivity contribution in [1.82, 2.24) is 4.90 Å². The SMILES string of the molecule is C1CN2CC12.CCOc1c(N)cccc1OC. The molecular weight excluding hydrogens is 216 g/mol. The van der Waals surface area contributed by atoms with Crippen molar-refractivity contribution in [3.8, 4) is 11.5 Å². The summed E-state index contributed by atoms with van der Waals surface area (Å²) in [4.78, 5) is 2.47. The van der Waals surface area contributed by atoms with Crippen LogP contribution >= 0.6 is 0 Å². The van der Waals surface area contributed by atoms with E-state index in [1.807, 2.05) is 19.1 Å². The number of nitrogens with zero attached hydrogens (tertiary/aromatic N) is 1. The van der Waals surface area contributed by atoms with E-state index in [1.165, 1.54) is 19.5 Å². The van der Waals surface area contributed by atoms with Crippen LogP contribution in [-0.2, 0) is 0 Å². The third kappa shape index (κ3) is 2.82. The fraction of sp³-hybridized carbons (Fsp3) is 0.538. The highest BCUT2D eigenvalue weighted by Gasteiger charge is 2.41. The maximum atomic E-state index is 5.68. The highest BCUT2D eigenvalue weighted by atomic mass is 16.5. The summed E-state index contributed by atoms with van der Waals surface area (Å²) in [5, 5.41) is 0. The van der Waals surface area contributed by atoms with Gasteiger partial charge in [0.25, 0.3) is 0 Å². The number of fused-ring (bicyclic) bond motifs is 1. The van der Waals surface area contributed by atoms with Crippen molar-refractivity contribution < 1.29 is 9.47 Å². The van der Waals surface area contributed by atoms with E-state index in [4.69, 9.17) is 15.2 Å². The van der Waals surface area contributed by atoms with Crippen LogP contribution in [0.5, 0.6) is 11.5 Å². The summed E-state index contributed by atoms with van der Waals surface area (Å²) in [6.07, 6.45) is 1.49. The summed E-state index contributed by atoms with van der Waals surface area (Å²) in [5.74, 6) is 1.30. The van der Waals surface area contributed by atoms with Gasteiger partial charge < -0.3 is 15.2 Å². The highest BCUT2D eigenvalue weighted by Crippen LogP contribution is 2.32. The standard InChI is InChI=1S/C9H13NO2.C4H7N/c1-3-12-9-7(10)5-4-6-8(9)11-2;1-2-5-3-4(1)5/h4-6H,3,10H2,1-2H3;4H,1-3H2. The van der Waals surface area contributed by atoms with Crippen molar-refractivity contribution in [2.75, 3.05) is 32.5 Å². The minimum atomic E-state index is 0.588. The molecule has 0 radical (unpaired) electrons. The minimum absolute atomic E-state index is 0.588. The fourth-order valence-corrected chi connectivity index (χ4v) is 1.89. The van der Waals surface area contributed by atoms with Gasteiger partial charge in [-0.1, -0.05) is 6.07 Å².